The topological polar surface area (TPSA) is 77.1 Å². The van der Waals surface area contributed by atoms with E-state index >= 15 is 0 Å². The molecule has 0 bridgehead atoms. The summed E-state index contributed by atoms with van der Waals surface area (Å²) in [6.45, 7) is 8.91. The number of nitrogens with zero attached hydrogens (tertiary/aromatic N) is 1. The number of hydrogen-bond donors (Lipinski definition) is 2. The van der Waals surface area contributed by atoms with Crippen molar-refractivity contribution in [3.63, 3.8) is 0 Å². The van der Waals surface area contributed by atoms with Gasteiger partial charge in [-0.2, -0.15) is 0 Å². The summed E-state index contributed by atoms with van der Waals surface area (Å²) in [5.74, 6) is 0.838. The molecule has 0 radical (unpaired) electrons. The Morgan fingerprint density at radius 3 is 2.53 bits per heavy atom. The summed E-state index contributed by atoms with van der Waals surface area (Å²) in [4.78, 5) is 0. The van der Waals surface area contributed by atoms with Gasteiger partial charge in [-0.15, -0.1) is 0 Å². The monoisotopic (exact) mass is 266 g/mol. The Kier molecular flexibility index (Phi) is 5.18. The number of aryl methyl sites for hydroxylation is 1. The van der Waals surface area contributed by atoms with Gasteiger partial charge in [0.1, 0.15) is 12.4 Å². The van der Waals surface area contributed by atoms with Gasteiger partial charge in [-0.3, -0.25) is 0 Å². The molecule has 19 heavy (non-hydrogen) atoms. The predicted molar refractivity (Wildman–Crippen MR) is 74.9 cm³/mol. The van der Waals surface area contributed by atoms with Gasteiger partial charge in [0.05, 0.1) is 12.2 Å². The second-order valence-corrected chi connectivity index (χ2v) is 5.27. The van der Waals surface area contributed by atoms with Crippen molar-refractivity contribution in [1.82, 2.24) is 0 Å². The molecule has 5 nitrogen and oxygen atoms in total. The standard InChI is InChI=1S/C14H22N2O3/c1-10-9-11(5-6-12(10)13(15)16-17)18-7-8-19-14(2,3)4/h5-6,9,17H,7-8H2,1-4H3,(H2,15,16). The van der Waals surface area contributed by atoms with E-state index in [4.69, 9.17) is 20.4 Å². The largest absolute Gasteiger partial charge is 0.491 e. The molecule has 1 aromatic carbocycles. The molecule has 0 aliphatic heterocycles. The number of oxime groups is 1. The van der Waals surface area contributed by atoms with Crippen LogP contribution < -0.4 is 10.5 Å². The lowest BCUT2D eigenvalue weighted by molar-refractivity contribution is -0.0163. The average Bonchev–Trinajstić information content (AvgIpc) is 2.33. The SMILES string of the molecule is Cc1cc(OCCOC(C)(C)C)ccc1/C(N)=N/O. The molecule has 0 aliphatic rings. The first kappa shape index (κ1) is 15.3. The van der Waals surface area contributed by atoms with Crippen LogP contribution in [0.3, 0.4) is 0 Å². The summed E-state index contributed by atoms with van der Waals surface area (Å²) in [5, 5.41) is 11.6. The first-order valence-corrected chi connectivity index (χ1v) is 6.19. The molecule has 1 rings (SSSR count). The summed E-state index contributed by atoms with van der Waals surface area (Å²) in [5.41, 5.74) is 6.98. The highest BCUT2D eigenvalue weighted by atomic mass is 16.5. The van der Waals surface area contributed by atoms with Crippen LogP contribution in [0.2, 0.25) is 0 Å². The van der Waals surface area contributed by atoms with Gasteiger partial charge in [0, 0.05) is 5.56 Å². The van der Waals surface area contributed by atoms with Crippen LogP contribution in [0.5, 0.6) is 5.75 Å². The minimum absolute atomic E-state index is 0.0973. The lowest BCUT2D eigenvalue weighted by Crippen LogP contribution is -2.22. The summed E-state index contributed by atoms with van der Waals surface area (Å²) in [6, 6.07) is 5.41. The average molecular weight is 266 g/mol. The molecule has 3 N–H and O–H groups in total. The third kappa shape index (κ3) is 5.18. The Bertz CT molecular complexity index is 450. The smallest absolute Gasteiger partial charge is 0.170 e. The van der Waals surface area contributed by atoms with E-state index in [1.807, 2.05) is 33.8 Å². The second-order valence-electron chi connectivity index (χ2n) is 5.27. The normalized spacial score (nSPS) is 12.5. The third-order valence-electron chi connectivity index (χ3n) is 2.47. The second kappa shape index (κ2) is 6.43. The highest BCUT2D eigenvalue weighted by Gasteiger charge is 2.09. The van der Waals surface area contributed by atoms with E-state index in [0.717, 1.165) is 11.3 Å². The van der Waals surface area contributed by atoms with Crippen LogP contribution >= 0.6 is 0 Å². The fourth-order valence-electron chi connectivity index (χ4n) is 1.57. The highest BCUT2D eigenvalue weighted by Crippen LogP contribution is 2.17. The quantitative estimate of drug-likeness (QED) is 0.282. The van der Waals surface area contributed by atoms with E-state index in [1.165, 1.54) is 0 Å². The number of nitrogens with two attached hydrogens (primary N) is 1. The predicted octanol–water partition coefficient (Wildman–Crippen LogP) is 2.28. The zero-order valence-corrected chi connectivity index (χ0v) is 11.9. The van der Waals surface area contributed by atoms with Crippen molar-refractivity contribution >= 4 is 5.84 Å². The van der Waals surface area contributed by atoms with E-state index in [2.05, 4.69) is 5.16 Å². The van der Waals surface area contributed by atoms with Crippen molar-refractivity contribution in [2.75, 3.05) is 13.2 Å². The van der Waals surface area contributed by atoms with E-state index in [9.17, 15) is 0 Å². The van der Waals surface area contributed by atoms with Crippen molar-refractivity contribution in [1.29, 1.82) is 0 Å². The summed E-state index contributed by atoms with van der Waals surface area (Å²) in [7, 11) is 0. The van der Waals surface area contributed by atoms with Crippen LogP contribution in [-0.4, -0.2) is 29.9 Å². The molecule has 0 aliphatic carbocycles. The van der Waals surface area contributed by atoms with Gasteiger partial charge >= 0.3 is 0 Å². The number of benzene rings is 1. The Morgan fingerprint density at radius 2 is 2.00 bits per heavy atom. The number of amidine groups is 1. The minimum atomic E-state index is -0.158. The molecule has 0 amide bonds. The minimum Gasteiger partial charge on any atom is -0.491 e. The van der Waals surface area contributed by atoms with Crippen LogP contribution in [0.4, 0.5) is 0 Å². The van der Waals surface area contributed by atoms with Crippen LogP contribution in [0.25, 0.3) is 0 Å². The van der Waals surface area contributed by atoms with Crippen LogP contribution in [0.15, 0.2) is 23.4 Å². The Labute approximate surface area is 114 Å². The Morgan fingerprint density at radius 1 is 1.32 bits per heavy atom. The van der Waals surface area contributed by atoms with Gasteiger partial charge in [0.15, 0.2) is 5.84 Å². The fourth-order valence-corrected chi connectivity index (χ4v) is 1.57. The lowest BCUT2D eigenvalue weighted by atomic mass is 10.1. The van der Waals surface area contributed by atoms with Crippen LogP contribution in [-0.2, 0) is 4.74 Å². The number of ether oxygens (including phenoxy) is 2. The Hall–Kier alpha value is -1.75. The Balaban J connectivity index is 2.55. The molecule has 5 heteroatoms. The van der Waals surface area contributed by atoms with Crippen LogP contribution in [0, 0.1) is 6.92 Å². The number of hydrogen-bond acceptors (Lipinski definition) is 4. The molecule has 0 heterocycles. The molecule has 0 unspecified atom stereocenters. The van der Waals surface area contributed by atoms with Crippen molar-refractivity contribution in [3.8, 4) is 5.75 Å². The van der Waals surface area contributed by atoms with Crippen molar-refractivity contribution in [3.05, 3.63) is 29.3 Å². The maximum atomic E-state index is 8.65. The molecule has 0 atom stereocenters. The maximum absolute atomic E-state index is 8.65. The van der Waals surface area contributed by atoms with Gasteiger partial charge in [0.25, 0.3) is 0 Å². The molecular formula is C14H22N2O3. The molecule has 1 aromatic rings. The summed E-state index contributed by atoms with van der Waals surface area (Å²) >= 11 is 0. The number of rotatable bonds is 5. The van der Waals surface area contributed by atoms with Gasteiger partial charge in [-0.25, -0.2) is 0 Å². The van der Waals surface area contributed by atoms with E-state index in [1.54, 1.807) is 12.1 Å². The molecule has 0 saturated heterocycles. The highest BCUT2D eigenvalue weighted by molar-refractivity contribution is 5.98. The molecule has 0 spiro atoms. The zero-order valence-electron chi connectivity index (χ0n) is 11.9. The van der Waals surface area contributed by atoms with Crippen molar-refractivity contribution < 1.29 is 14.7 Å². The molecular weight excluding hydrogens is 244 g/mol. The summed E-state index contributed by atoms with van der Waals surface area (Å²) < 4.78 is 11.1. The first-order chi connectivity index (χ1) is 8.83. The zero-order chi connectivity index (χ0) is 14.5. The maximum Gasteiger partial charge on any atom is 0.170 e. The van der Waals surface area contributed by atoms with Gasteiger partial charge in [-0.1, -0.05) is 5.16 Å². The van der Waals surface area contributed by atoms with E-state index < -0.39 is 0 Å². The molecule has 106 valence electrons. The van der Waals surface area contributed by atoms with Crippen molar-refractivity contribution in [2.45, 2.75) is 33.3 Å². The molecule has 0 fully saturated rings. The van der Waals surface area contributed by atoms with Gasteiger partial charge < -0.3 is 20.4 Å². The lowest BCUT2D eigenvalue weighted by Gasteiger charge is -2.19. The van der Waals surface area contributed by atoms with Crippen molar-refractivity contribution in [2.24, 2.45) is 10.9 Å². The molecule has 0 aromatic heterocycles. The fraction of sp³-hybridized carbons (Fsp3) is 0.500. The van der Waals surface area contributed by atoms with E-state index in [-0.39, 0.29) is 11.4 Å². The van der Waals surface area contributed by atoms with Crippen LogP contribution in [0.1, 0.15) is 31.9 Å². The van der Waals surface area contributed by atoms with Gasteiger partial charge in [0.2, 0.25) is 0 Å². The summed E-state index contributed by atoms with van der Waals surface area (Å²) in [6.07, 6.45) is 0. The van der Waals surface area contributed by atoms with Gasteiger partial charge in [-0.05, 0) is 51.5 Å². The first-order valence-electron chi connectivity index (χ1n) is 6.19. The van der Waals surface area contributed by atoms with E-state index in [0.29, 0.717) is 18.8 Å². The third-order valence-corrected chi connectivity index (χ3v) is 2.47. The molecule has 0 saturated carbocycles.